The molecule has 1 saturated heterocycles. The zero-order chi connectivity index (χ0) is 13.1. The van der Waals surface area contributed by atoms with E-state index in [9.17, 15) is 20.3 Å². The van der Waals surface area contributed by atoms with Crippen molar-refractivity contribution >= 4 is 5.69 Å². The van der Waals surface area contributed by atoms with Crippen LogP contribution in [0.1, 0.15) is 5.56 Å². The second kappa shape index (κ2) is 5.43. The van der Waals surface area contributed by atoms with Crippen LogP contribution < -0.4 is 0 Å². The number of aliphatic hydroxyl groups excluding tert-OH is 2. The summed E-state index contributed by atoms with van der Waals surface area (Å²) in [5.74, 6) is 0. The van der Waals surface area contributed by atoms with Gasteiger partial charge < -0.3 is 10.2 Å². The molecule has 6 nitrogen and oxygen atoms in total. The summed E-state index contributed by atoms with van der Waals surface area (Å²) >= 11 is 0. The number of hydrogen-bond acceptors (Lipinski definition) is 5. The number of likely N-dealkylation sites (tertiary alicyclic amines) is 1. The molecule has 1 aliphatic rings. The molecule has 2 rings (SSSR count). The molecule has 1 aromatic rings. The number of benzene rings is 1. The predicted octanol–water partition coefficient (Wildman–Crippen LogP) is 0.175. The van der Waals surface area contributed by atoms with Crippen molar-refractivity contribution in [3.05, 3.63) is 39.9 Å². The highest BCUT2D eigenvalue weighted by molar-refractivity contribution is 5.32. The minimum absolute atomic E-state index is 0.0887. The van der Waals surface area contributed by atoms with Gasteiger partial charge in [-0.25, -0.2) is 0 Å². The molecule has 98 valence electrons. The lowest BCUT2D eigenvalue weighted by molar-refractivity contribution is -0.384. The summed E-state index contributed by atoms with van der Waals surface area (Å²) in [6, 6.07) is 6.45. The van der Waals surface area contributed by atoms with E-state index in [-0.39, 0.29) is 5.69 Å². The van der Waals surface area contributed by atoms with Crippen molar-refractivity contribution in [2.75, 3.05) is 19.6 Å². The van der Waals surface area contributed by atoms with E-state index in [4.69, 9.17) is 0 Å². The Bertz CT molecular complexity index is 411. The molecule has 1 aliphatic heterocycles. The molecular weight excluding hydrogens is 236 g/mol. The average Bonchev–Trinajstić information content (AvgIpc) is 2.67. The number of β-amino-alcohol motifs (C(OH)–C–C–N with tert-alkyl or cyclic N) is 2. The van der Waals surface area contributed by atoms with Crippen LogP contribution in [0.3, 0.4) is 0 Å². The third-order valence-electron chi connectivity index (χ3n) is 3.20. The Morgan fingerprint density at radius 3 is 2.28 bits per heavy atom. The van der Waals surface area contributed by atoms with Gasteiger partial charge in [0.05, 0.1) is 17.1 Å². The van der Waals surface area contributed by atoms with Gasteiger partial charge in [-0.2, -0.15) is 0 Å². The molecule has 0 aliphatic carbocycles. The quantitative estimate of drug-likeness (QED) is 0.589. The molecule has 1 heterocycles. The molecule has 0 spiro atoms. The molecule has 0 amide bonds. The molecule has 2 N–H and O–H groups in total. The summed E-state index contributed by atoms with van der Waals surface area (Å²) in [4.78, 5) is 12.1. The Balaban J connectivity index is 1.85. The Labute approximate surface area is 105 Å². The van der Waals surface area contributed by atoms with Gasteiger partial charge in [-0.3, -0.25) is 15.0 Å². The standard InChI is InChI=1S/C12H16N2O4/c15-11-7-13(8-12(11)16)6-5-9-1-3-10(4-2-9)14(17)18/h1-4,11-12,15-16H,5-8H2/t11-,12+. The molecule has 1 fully saturated rings. The number of hydrogen-bond donors (Lipinski definition) is 2. The van der Waals surface area contributed by atoms with Crippen molar-refractivity contribution in [1.82, 2.24) is 4.90 Å². The minimum atomic E-state index is -0.665. The smallest absolute Gasteiger partial charge is 0.269 e. The van der Waals surface area contributed by atoms with E-state index >= 15 is 0 Å². The summed E-state index contributed by atoms with van der Waals surface area (Å²) in [6.45, 7) is 1.69. The van der Waals surface area contributed by atoms with Gasteiger partial charge in [0.15, 0.2) is 0 Å². The predicted molar refractivity (Wildman–Crippen MR) is 65.3 cm³/mol. The van der Waals surface area contributed by atoms with Crippen LogP contribution in [-0.4, -0.2) is 51.9 Å². The number of nitrogens with zero attached hydrogens (tertiary/aromatic N) is 2. The van der Waals surface area contributed by atoms with Crippen LogP contribution in [-0.2, 0) is 6.42 Å². The molecule has 0 radical (unpaired) electrons. The van der Waals surface area contributed by atoms with E-state index in [0.29, 0.717) is 13.1 Å². The van der Waals surface area contributed by atoms with E-state index in [2.05, 4.69) is 0 Å². The number of nitro groups is 1. The van der Waals surface area contributed by atoms with Crippen LogP contribution in [0.2, 0.25) is 0 Å². The highest BCUT2D eigenvalue weighted by Crippen LogP contribution is 2.14. The first-order chi connectivity index (χ1) is 8.56. The van der Waals surface area contributed by atoms with Crippen molar-refractivity contribution in [1.29, 1.82) is 0 Å². The molecule has 2 atom stereocenters. The van der Waals surface area contributed by atoms with Gasteiger partial charge in [0.1, 0.15) is 0 Å². The molecular formula is C12H16N2O4. The van der Waals surface area contributed by atoms with Crippen molar-refractivity contribution in [3.63, 3.8) is 0 Å². The Morgan fingerprint density at radius 1 is 1.22 bits per heavy atom. The van der Waals surface area contributed by atoms with Crippen LogP contribution >= 0.6 is 0 Å². The van der Waals surface area contributed by atoms with Crippen molar-refractivity contribution in [2.45, 2.75) is 18.6 Å². The first-order valence-electron chi connectivity index (χ1n) is 5.88. The second-order valence-corrected chi connectivity index (χ2v) is 4.57. The molecule has 6 heteroatoms. The van der Waals surface area contributed by atoms with Crippen molar-refractivity contribution < 1.29 is 15.1 Å². The van der Waals surface area contributed by atoms with Gasteiger partial charge >= 0.3 is 0 Å². The molecule has 0 unspecified atom stereocenters. The number of nitro benzene ring substituents is 1. The first kappa shape index (κ1) is 12.9. The number of rotatable bonds is 4. The summed E-state index contributed by atoms with van der Waals surface area (Å²) in [5.41, 5.74) is 1.10. The summed E-state index contributed by atoms with van der Waals surface area (Å²) < 4.78 is 0. The van der Waals surface area contributed by atoms with Gasteiger partial charge in [0.25, 0.3) is 5.69 Å². The van der Waals surface area contributed by atoms with Crippen LogP contribution in [0.25, 0.3) is 0 Å². The maximum Gasteiger partial charge on any atom is 0.269 e. The Hall–Kier alpha value is -1.50. The summed E-state index contributed by atoms with van der Waals surface area (Å²) in [6.07, 6.45) is -0.582. The normalized spacial score (nSPS) is 24.3. The van der Waals surface area contributed by atoms with Gasteiger partial charge in [0.2, 0.25) is 0 Å². The van der Waals surface area contributed by atoms with E-state index in [0.717, 1.165) is 18.5 Å². The lowest BCUT2D eigenvalue weighted by atomic mass is 10.1. The molecule has 1 aromatic carbocycles. The first-order valence-corrected chi connectivity index (χ1v) is 5.88. The fourth-order valence-corrected chi connectivity index (χ4v) is 2.10. The van der Waals surface area contributed by atoms with Gasteiger partial charge in [-0.05, 0) is 12.0 Å². The highest BCUT2D eigenvalue weighted by Gasteiger charge is 2.28. The maximum absolute atomic E-state index is 10.5. The fourth-order valence-electron chi connectivity index (χ4n) is 2.10. The third kappa shape index (κ3) is 3.04. The molecule has 18 heavy (non-hydrogen) atoms. The largest absolute Gasteiger partial charge is 0.389 e. The van der Waals surface area contributed by atoms with E-state index in [1.54, 1.807) is 12.1 Å². The SMILES string of the molecule is O=[N+]([O-])c1ccc(CCN2C[C@@H](O)[C@@H](O)C2)cc1. The summed E-state index contributed by atoms with van der Waals surface area (Å²) in [7, 11) is 0. The van der Waals surface area contributed by atoms with Gasteiger partial charge in [-0.1, -0.05) is 12.1 Å². The van der Waals surface area contributed by atoms with Crippen LogP contribution in [0.5, 0.6) is 0 Å². The zero-order valence-electron chi connectivity index (χ0n) is 9.90. The molecule has 0 aromatic heterocycles. The monoisotopic (exact) mass is 252 g/mol. The van der Waals surface area contributed by atoms with Crippen molar-refractivity contribution in [3.8, 4) is 0 Å². The average molecular weight is 252 g/mol. The lowest BCUT2D eigenvalue weighted by Gasteiger charge is -2.14. The van der Waals surface area contributed by atoms with Crippen LogP contribution in [0.4, 0.5) is 5.69 Å². The van der Waals surface area contributed by atoms with Crippen LogP contribution in [0.15, 0.2) is 24.3 Å². The molecule has 0 bridgehead atoms. The Morgan fingerprint density at radius 2 is 1.78 bits per heavy atom. The third-order valence-corrected chi connectivity index (χ3v) is 3.20. The zero-order valence-corrected chi connectivity index (χ0v) is 9.90. The highest BCUT2D eigenvalue weighted by atomic mass is 16.6. The minimum Gasteiger partial charge on any atom is -0.389 e. The molecule has 0 saturated carbocycles. The van der Waals surface area contributed by atoms with Gasteiger partial charge in [-0.15, -0.1) is 0 Å². The Kier molecular flexibility index (Phi) is 3.90. The number of non-ortho nitro benzene ring substituents is 1. The van der Waals surface area contributed by atoms with Gasteiger partial charge in [0, 0.05) is 31.8 Å². The lowest BCUT2D eigenvalue weighted by Crippen LogP contribution is -2.24. The fraction of sp³-hybridized carbons (Fsp3) is 0.500. The summed E-state index contributed by atoms with van der Waals surface area (Å²) in [5, 5.41) is 29.3. The number of aliphatic hydroxyl groups is 2. The van der Waals surface area contributed by atoms with E-state index in [1.165, 1.54) is 12.1 Å². The maximum atomic E-state index is 10.5. The topological polar surface area (TPSA) is 86.8 Å². The van der Waals surface area contributed by atoms with Crippen molar-refractivity contribution in [2.24, 2.45) is 0 Å². The van der Waals surface area contributed by atoms with E-state index < -0.39 is 17.1 Å². The van der Waals surface area contributed by atoms with E-state index in [1.807, 2.05) is 4.90 Å². The second-order valence-electron chi connectivity index (χ2n) is 4.57. The van der Waals surface area contributed by atoms with Crippen LogP contribution in [0, 0.1) is 10.1 Å².